The molecular formula is C20H37N2O12P. The van der Waals surface area contributed by atoms with Crippen LogP contribution in [0.2, 0.25) is 0 Å². The van der Waals surface area contributed by atoms with Crippen LogP contribution in [0.3, 0.4) is 0 Å². The minimum atomic E-state index is -4.72. The number of hydrogen-bond acceptors (Lipinski definition) is 13. The van der Waals surface area contributed by atoms with Gasteiger partial charge in [-0.05, 0) is 28.2 Å². The van der Waals surface area contributed by atoms with Crippen LogP contribution in [0.25, 0.3) is 0 Å². The molecule has 0 spiro atoms. The van der Waals surface area contributed by atoms with Crippen LogP contribution in [-0.4, -0.2) is 118 Å². The zero-order chi connectivity index (χ0) is 27.0. The van der Waals surface area contributed by atoms with Gasteiger partial charge in [-0.15, -0.1) is 0 Å². The lowest BCUT2D eigenvalue weighted by Crippen LogP contribution is -2.31. The first kappa shape index (κ1) is 32.9. The van der Waals surface area contributed by atoms with Crippen molar-refractivity contribution in [3.63, 3.8) is 0 Å². The van der Waals surface area contributed by atoms with Crippen LogP contribution in [0, 0.1) is 0 Å². The molecule has 1 N–H and O–H groups in total. The number of carbonyl (C=O) groups excluding carboxylic acids is 4. The molecule has 15 heteroatoms. The Labute approximate surface area is 205 Å². The second-order valence-electron chi connectivity index (χ2n) is 8.00. The fraction of sp³-hybridized carbons (Fsp3) is 0.800. The van der Waals surface area contributed by atoms with Gasteiger partial charge in [0.1, 0.15) is 13.2 Å². The van der Waals surface area contributed by atoms with Crippen molar-refractivity contribution >= 4 is 31.7 Å². The molecule has 0 aromatic heterocycles. The molecule has 14 nitrogen and oxygen atoms in total. The van der Waals surface area contributed by atoms with Gasteiger partial charge in [0.25, 0.3) is 0 Å². The summed E-state index contributed by atoms with van der Waals surface area (Å²) in [5.41, 5.74) is 0. The topological polar surface area (TPSA) is 167 Å². The lowest BCUT2D eigenvalue weighted by molar-refractivity contribution is -0.161. The minimum Gasteiger partial charge on any atom is -0.462 e. The maximum absolute atomic E-state index is 12.3. The Morgan fingerprint density at radius 1 is 0.714 bits per heavy atom. The second kappa shape index (κ2) is 17.4. The van der Waals surface area contributed by atoms with E-state index < -0.39 is 70.3 Å². The van der Waals surface area contributed by atoms with Crippen molar-refractivity contribution in [3.8, 4) is 0 Å². The van der Waals surface area contributed by atoms with Crippen molar-refractivity contribution < 1.29 is 56.6 Å². The van der Waals surface area contributed by atoms with E-state index in [1.54, 1.807) is 38.0 Å². The highest BCUT2D eigenvalue weighted by Gasteiger charge is 2.28. The SMILES string of the molecule is CC(=O)OC[C@H](COP(=O)(O)OCC(COC(=O)CCN(C)C)OC(=O)CCN(C)C)OC(C)=O. The highest BCUT2D eigenvalue weighted by molar-refractivity contribution is 7.47. The Kier molecular flexibility index (Phi) is 16.3. The van der Waals surface area contributed by atoms with Gasteiger partial charge in [0.2, 0.25) is 0 Å². The third-order valence-electron chi connectivity index (χ3n) is 3.91. The molecule has 0 aliphatic rings. The number of phosphoric acid groups is 1. The standard InChI is InChI=1S/C20H37N2O12P/c1-15(23)29-11-17(33-16(2)24)13-31-35(27,28)32-14-18(34-20(26)8-10-22(5)6)12-30-19(25)7-9-21(3)4/h17-18H,7-14H2,1-6H3,(H,27,28)/t17-,18?/m1/s1. The molecule has 0 aromatic carbocycles. The molecule has 0 aliphatic heterocycles. The van der Waals surface area contributed by atoms with Crippen LogP contribution in [0.1, 0.15) is 26.7 Å². The summed E-state index contributed by atoms with van der Waals surface area (Å²) in [6.45, 7) is 1.05. The minimum absolute atomic E-state index is 0.0333. The highest BCUT2D eigenvalue weighted by atomic mass is 31.2. The Bertz CT molecular complexity index is 731. The fourth-order valence-corrected chi connectivity index (χ4v) is 2.99. The normalized spacial score (nSPS) is 14.7. The van der Waals surface area contributed by atoms with E-state index in [0.717, 1.165) is 13.8 Å². The van der Waals surface area contributed by atoms with Gasteiger partial charge in [-0.2, -0.15) is 0 Å². The lowest BCUT2D eigenvalue weighted by atomic mass is 10.3. The lowest BCUT2D eigenvalue weighted by Gasteiger charge is -2.22. The third kappa shape index (κ3) is 19.9. The first-order valence-corrected chi connectivity index (χ1v) is 12.3. The molecule has 0 rings (SSSR count). The van der Waals surface area contributed by atoms with E-state index in [1.165, 1.54) is 0 Å². The quantitative estimate of drug-likeness (QED) is 0.143. The van der Waals surface area contributed by atoms with Gasteiger partial charge in [-0.3, -0.25) is 28.2 Å². The van der Waals surface area contributed by atoms with Crippen molar-refractivity contribution in [3.05, 3.63) is 0 Å². The molecule has 0 saturated heterocycles. The van der Waals surface area contributed by atoms with Crippen molar-refractivity contribution in [2.24, 2.45) is 0 Å². The van der Waals surface area contributed by atoms with Crippen LogP contribution in [0.5, 0.6) is 0 Å². The summed E-state index contributed by atoms with van der Waals surface area (Å²) in [5, 5.41) is 0. The number of phosphoric ester groups is 1. The van der Waals surface area contributed by atoms with E-state index in [4.69, 9.17) is 28.0 Å². The maximum Gasteiger partial charge on any atom is 0.472 e. The van der Waals surface area contributed by atoms with Crippen molar-refractivity contribution in [1.29, 1.82) is 0 Å². The first-order chi connectivity index (χ1) is 16.2. The predicted octanol–water partition coefficient (Wildman–Crippen LogP) is -0.0268. The number of esters is 4. The molecule has 0 fully saturated rings. The third-order valence-corrected chi connectivity index (χ3v) is 4.86. The van der Waals surface area contributed by atoms with Gasteiger partial charge < -0.3 is 33.6 Å². The summed E-state index contributed by atoms with van der Waals surface area (Å²) < 4.78 is 41.9. The van der Waals surface area contributed by atoms with E-state index in [2.05, 4.69) is 0 Å². The summed E-state index contributed by atoms with van der Waals surface area (Å²) in [4.78, 5) is 59.6. The number of ether oxygens (including phenoxy) is 4. The van der Waals surface area contributed by atoms with E-state index in [1.807, 2.05) is 0 Å². The number of rotatable bonds is 18. The summed E-state index contributed by atoms with van der Waals surface area (Å²) in [6.07, 6.45) is -2.21. The van der Waals surface area contributed by atoms with Crippen LogP contribution in [0.15, 0.2) is 0 Å². The molecular weight excluding hydrogens is 491 g/mol. The summed E-state index contributed by atoms with van der Waals surface area (Å²) in [7, 11) is 2.39. The first-order valence-electron chi connectivity index (χ1n) is 10.8. The molecule has 0 aromatic rings. The van der Waals surface area contributed by atoms with E-state index >= 15 is 0 Å². The van der Waals surface area contributed by atoms with E-state index in [0.29, 0.717) is 13.1 Å². The van der Waals surface area contributed by atoms with Gasteiger partial charge >= 0.3 is 31.7 Å². The highest BCUT2D eigenvalue weighted by Crippen LogP contribution is 2.43. The van der Waals surface area contributed by atoms with Crippen LogP contribution < -0.4 is 0 Å². The van der Waals surface area contributed by atoms with Crippen molar-refractivity contribution in [1.82, 2.24) is 9.80 Å². The Morgan fingerprint density at radius 2 is 1.17 bits per heavy atom. The monoisotopic (exact) mass is 528 g/mol. The van der Waals surface area contributed by atoms with E-state index in [-0.39, 0.29) is 12.8 Å². The van der Waals surface area contributed by atoms with Crippen LogP contribution in [-0.2, 0) is 51.7 Å². The summed E-state index contributed by atoms with van der Waals surface area (Å²) in [6, 6.07) is 0. The molecule has 0 aliphatic carbocycles. The predicted molar refractivity (Wildman–Crippen MR) is 121 cm³/mol. The Balaban J connectivity index is 4.96. The smallest absolute Gasteiger partial charge is 0.462 e. The van der Waals surface area contributed by atoms with Crippen LogP contribution >= 0.6 is 7.82 Å². The maximum atomic E-state index is 12.3. The Hall–Kier alpha value is -2.09. The second-order valence-corrected chi connectivity index (χ2v) is 9.45. The number of hydrogen-bond donors (Lipinski definition) is 1. The molecule has 0 heterocycles. The fourth-order valence-electron chi connectivity index (χ4n) is 2.20. The zero-order valence-electron chi connectivity index (χ0n) is 21.1. The average molecular weight is 528 g/mol. The molecule has 3 atom stereocenters. The van der Waals surface area contributed by atoms with Gasteiger partial charge in [0.05, 0.1) is 26.1 Å². The molecule has 35 heavy (non-hydrogen) atoms. The van der Waals surface area contributed by atoms with Gasteiger partial charge in [0.15, 0.2) is 12.2 Å². The molecule has 204 valence electrons. The van der Waals surface area contributed by atoms with Gasteiger partial charge in [-0.1, -0.05) is 0 Å². The molecule has 0 amide bonds. The van der Waals surface area contributed by atoms with Gasteiger partial charge in [0, 0.05) is 26.9 Å². The largest absolute Gasteiger partial charge is 0.472 e. The Morgan fingerprint density at radius 3 is 1.63 bits per heavy atom. The summed E-state index contributed by atoms with van der Waals surface area (Å²) >= 11 is 0. The van der Waals surface area contributed by atoms with Crippen molar-refractivity contribution in [2.45, 2.75) is 38.9 Å². The van der Waals surface area contributed by atoms with Crippen LogP contribution in [0.4, 0.5) is 0 Å². The molecule has 0 bridgehead atoms. The molecule has 2 unspecified atom stereocenters. The summed E-state index contributed by atoms with van der Waals surface area (Å²) in [5.74, 6) is -2.54. The number of nitrogens with zero attached hydrogens (tertiary/aromatic N) is 2. The average Bonchev–Trinajstić information content (AvgIpc) is 2.74. The van der Waals surface area contributed by atoms with Crippen molar-refractivity contribution in [2.75, 3.05) is 67.7 Å². The van der Waals surface area contributed by atoms with E-state index in [9.17, 15) is 28.6 Å². The number of carbonyl (C=O) groups is 4. The molecule has 0 radical (unpaired) electrons. The van der Waals surface area contributed by atoms with Gasteiger partial charge in [-0.25, -0.2) is 4.57 Å². The molecule has 0 saturated carbocycles. The zero-order valence-corrected chi connectivity index (χ0v) is 22.0.